The first kappa shape index (κ1) is 10.9. The van der Waals surface area contributed by atoms with Gasteiger partial charge in [-0.25, -0.2) is 9.97 Å². The van der Waals surface area contributed by atoms with Crippen LogP contribution in [0.15, 0.2) is 12.4 Å². The number of hydrogen-bond donors (Lipinski definition) is 2. The maximum absolute atomic E-state index is 9.09. The lowest BCUT2D eigenvalue weighted by molar-refractivity contribution is 0.208. The van der Waals surface area contributed by atoms with Gasteiger partial charge < -0.3 is 10.4 Å². The predicted molar refractivity (Wildman–Crippen MR) is 56.3 cm³/mol. The van der Waals surface area contributed by atoms with Crippen LogP contribution in [-0.2, 0) is 0 Å². The Morgan fingerprint density at radius 2 is 2.07 bits per heavy atom. The molecule has 1 atom stereocenters. The topological polar surface area (TPSA) is 58.0 Å². The van der Waals surface area contributed by atoms with Gasteiger partial charge in [0.25, 0.3) is 0 Å². The van der Waals surface area contributed by atoms with Gasteiger partial charge in [0.2, 0.25) is 0 Å². The molecule has 0 aliphatic heterocycles. The summed E-state index contributed by atoms with van der Waals surface area (Å²) in [5.41, 5.74) is 1.01. The van der Waals surface area contributed by atoms with Crippen LogP contribution in [0.2, 0.25) is 0 Å². The third-order valence-electron chi connectivity index (χ3n) is 1.86. The summed E-state index contributed by atoms with van der Waals surface area (Å²) in [5.74, 6) is 1.16. The molecule has 0 fully saturated rings. The molecule has 0 aliphatic rings. The fourth-order valence-corrected chi connectivity index (χ4v) is 1.04. The first-order valence-electron chi connectivity index (χ1n) is 4.83. The Bertz CT molecular complexity index is 286. The zero-order valence-corrected chi connectivity index (χ0v) is 8.86. The zero-order valence-electron chi connectivity index (χ0n) is 8.86. The molecule has 4 heteroatoms. The van der Waals surface area contributed by atoms with E-state index in [-0.39, 0.29) is 6.10 Å². The lowest BCUT2D eigenvalue weighted by Gasteiger charge is -2.09. The van der Waals surface area contributed by atoms with Crippen LogP contribution in [0, 0.1) is 0 Å². The molecule has 0 aliphatic carbocycles. The molecule has 0 amide bonds. The second-order valence-electron chi connectivity index (χ2n) is 3.71. The van der Waals surface area contributed by atoms with Gasteiger partial charge in [0, 0.05) is 18.3 Å². The summed E-state index contributed by atoms with van der Waals surface area (Å²) in [6.45, 7) is 6.41. The largest absolute Gasteiger partial charge is 0.392 e. The first-order valence-corrected chi connectivity index (χ1v) is 4.83. The van der Waals surface area contributed by atoms with Crippen LogP contribution in [0.4, 0.5) is 5.82 Å². The molecule has 0 saturated carbocycles. The number of aliphatic hydroxyl groups is 1. The lowest BCUT2D eigenvalue weighted by atomic mass is 10.1. The standard InChI is InChI=1S/C10H17N3O/c1-7(2)9-4-10(13-6-12-9)11-5-8(3)14/h4,6-8,14H,5H2,1-3H3,(H,11,12,13)/t8-/m1/s1. The van der Waals surface area contributed by atoms with Crippen LogP contribution in [0.3, 0.4) is 0 Å². The van der Waals surface area contributed by atoms with Crippen molar-refractivity contribution in [3.05, 3.63) is 18.1 Å². The zero-order chi connectivity index (χ0) is 10.6. The van der Waals surface area contributed by atoms with Gasteiger partial charge in [-0.2, -0.15) is 0 Å². The van der Waals surface area contributed by atoms with E-state index >= 15 is 0 Å². The minimum Gasteiger partial charge on any atom is -0.392 e. The summed E-state index contributed by atoms with van der Waals surface area (Å²) in [7, 11) is 0. The van der Waals surface area contributed by atoms with Crippen LogP contribution < -0.4 is 5.32 Å². The Morgan fingerprint density at radius 3 is 2.64 bits per heavy atom. The number of nitrogens with zero attached hydrogens (tertiary/aromatic N) is 2. The highest BCUT2D eigenvalue weighted by atomic mass is 16.3. The van der Waals surface area contributed by atoms with Crippen molar-refractivity contribution in [2.24, 2.45) is 0 Å². The maximum atomic E-state index is 9.09. The van der Waals surface area contributed by atoms with E-state index in [1.165, 1.54) is 0 Å². The Kier molecular flexibility index (Phi) is 3.83. The van der Waals surface area contributed by atoms with Gasteiger partial charge in [0.05, 0.1) is 6.10 Å². The predicted octanol–water partition coefficient (Wildman–Crippen LogP) is 1.39. The first-order chi connectivity index (χ1) is 6.59. The smallest absolute Gasteiger partial charge is 0.129 e. The molecule has 0 aromatic carbocycles. The van der Waals surface area contributed by atoms with Gasteiger partial charge in [0.15, 0.2) is 0 Å². The van der Waals surface area contributed by atoms with Gasteiger partial charge in [-0.15, -0.1) is 0 Å². The molecule has 0 unspecified atom stereocenters. The molecule has 0 radical (unpaired) electrons. The van der Waals surface area contributed by atoms with Crippen molar-refractivity contribution < 1.29 is 5.11 Å². The van der Waals surface area contributed by atoms with Gasteiger partial charge >= 0.3 is 0 Å². The van der Waals surface area contributed by atoms with Crippen molar-refractivity contribution in [3.63, 3.8) is 0 Å². The van der Waals surface area contributed by atoms with Crippen LogP contribution >= 0.6 is 0 Å². The third-order valence-corrected chi connectivity index (χ3v) is 1.86. The van der Waals surface area contributed by atoms with E-state index in [1.807, 2.05) is 6.07 Å². The highest BCUT2D eigenvalue weighted by molar-refractivity contribution is 5.35. The van der Waals surface area contributed by atoms with Gasteiger partial charge in [-0.1, -0.05) is 13.8 Å². The molecule has 78 valence electrons. The number of rotatable bonds is 4. The minimum absolute atomic E-state index is 0.368. The number of anilines is 1. The van der Waals surface area contributed by atoms with E-state index in [0.717, 1.165) is 11.5 Å². The van der Waals surface area contributed by atoms with E-state index in [9.17, 15) is 0 Å². The fourth-order valence-electron chi connectivity index (χ4n) is 1.04. The molecule has 1 aromatic rings. The number of aromatic nitrogens is 2. The normalized spacial score (nSPS) is 12.9. The third kappa shape index (κ3) is 3.30. The van der Waals surface area contributed by atoms with Crippen LogP contribution in [0.25, 0.3) is 0 Å². The van der Waals surface area contributed by atoms with Crippen molar-refractivity contribution in [1.29, 1.82) is 0 Å². The monoisotopic (exact) mass is 195 g/mol. The van der Waals surface area contributed by atoms with Crippen molar-refractivity contribution in [1.82, 2.24) is 9.97 Å². The van der Waals surface area contributed by atoms with E-state index in [2.05, 4.69) is 29.1 Å². The molecule has 2 N–H and O–H groups in total. The Labute approximate surface area is 84.4 Å². The second kappa shape index (κ2) is 4.91. The van der Waals surface area contributed by atoms with Crippen molar-refractivity contribution >= 4 is 5.82 Å². The highest BCUT2D eigenvalue weighted by Gasteiger charge is 2.03. The van der Waals surface area contributed by atoms with Crippen LogP contribution in [-0.4, -0.2) is 27.7 Å². The van der Waals surface area contributed by atoms with Gasteiger partial charge in [0.1, 0.15) is 12.1 Å². The fraction of sp³-hybridized carbons (Fsp3) is 0.600. The molecule has 1 aromatic heterocycles. The summed E-state index contributed by atoms with van der Waals surface area (Å²) in [6, 6.07) is 1.91. The number of hydrogen-bond acceptors (Lipinski definition) is 4. The molecule has 1 heterocycles. The average molecular weight is 195 g/mol. The molecule has 0 spiro atoms. The van der Waals surface area contributed by atoms with Gasteiger partial charge in [-0.05, 0) is 12.8 Å². The number of nitrogens with one attached hydrogen (secondary N) is 1. The van der Waals surface area contributed by atoms with E-state index < -0.39 is 0 Å². The second-order valence-corrected chi connectivity index (χ2v) is 3.71. The SMILES string of the molecule is CC(C)c1cc(NC[C@@H](C)O)ncn1. The van der Waals surface area contributed by atoms with E-state index in [0.29, 0.717) is 12.5 Å². The average Bonchev–Trinajstić information content (AvgIpc) is 2.15. The molecular formula is C10H17N3O. The van der Waals surface area contributed by atoms with Gasteiger partial charge in [-0.3, -0.25) is 0 Å². The summed E-state index contributed by atoms with van der Waals surface area (Å²) < 4.78 is 0. The molecule has 0 bridgehead atoms. The minimum atomic E-state index is -0.368. The quantitative estimate of drug-likeness (QED) is 0.762. The van der Waals surface area contributed by atoms with E-state index in [4.69, 9.17) is 5.11 Å². The summed E-state index contributed by atoms with van der Waals surface area (Å²) in [4.78, 5) is 8.21. The summed E-state index contributed by atoms with van der Waals surface area (Å²) in [6.07, 6.45) is 1.17. The Balaban J connectivity index is 2.64. The Hall–Kier alpha value is -1.16. The van der Waals surface area contributed by atoms with Crippen molar-refractivity contribution in [2.45, 2.75) is 32.8 Å². The van der Waals surface area contributed by atoms with Crippen molar-refractivity contribution in [3.8, 4) is 0 Å². The van der Waals surface area contributed by atoms with Crippen LogP contribution in [0.1, 0.15) is 32.4 Å². The highest BCUT2D eigenvalue weighted by Crippen LogP contribution is 2.13. The molecule has 14 heavy (non-hydrogen) atoms. The molecular weight excluding hydrogens is 178 g/mol. The molecule has 0 saturated heterocycles. The molecule has 4 nitrogen and oxygen atoms in total. The lowest BCUT2D eigenvalue weighted by Crippen LogP contribution is -2.16. The van der Waals surface area contributed by atoms with E-state index in [1.54, 1.807) is 13.3 Å². The number of aliphatic hydroxyl groups excluding tert-OH is 1. The van der Waals surface area contributed by atoms with Crippen LogP contribution in [0.5, 0.6) is 0 Å². The Morgan fingerprint density at radius 1 is 1.36 bits per heavy atom. The molecule has 1 rings (SSSR count). The maximum Gasteiger partial charge on any atom is 0.129 e. The van der Waals surface area contributed by atoms with Crippen molar-refractivity contribution in [2.75, 3.05) is 11.9 Å². The summed E-state index contributed by atoms with van der Waals surface area (Å²) in [5, 5.41) is 12.1. The summed E-state index contributed by atoms with van der Waals surface area (Å²) >= 11 is 0.